The number of nitro groups is 1. The Balaban J connectivity index is 1.52. The van der Waals surface area contributed by atoms with E-state index in [4.69, 9.17) is 9.47 Å². The number of hydrogen-bond donors (Lipinski definition) is 1. The molecule has 0 unspecified atom stereocenters. The number of nitriles is 1. The number of carbonyl (C=O) groups excluding carboxylic acids is 1. The number of rotatable bonds is 10. The molecule has 3 rings (SSSR count). The summed E-state index contributed by atoms with van der Waals surface area (Å²) in [7, 11) is 1.52. The minimum atomic E-state index is -0.475. The third-order valence-electron chi connectivity index (χ3n) is 4.53. The predicted molar refractivity (Wildman–Crippen MR) is 128 cm³/mol. The van der Waals surface area contributed by atoms with Crippen molar-refractivity contribution in [1.82, 2.24) is 5.43 Å². The molecule has 0 atom stereocenters. The van der Waals surface area contributed by atoms with Crippen molar-refractivity contribution in [2.75, 3.05) is 12.9 Å². The Morgan fingerprint density at radius 3 is 2.65 bits per heavy atom. The van der Waals surface area contributed by atoms with E-state index in [0.717, 1.165) is 10.5 Å². The molecule has 0 bridgehead atoms. The minimum absolute atomic E-state index is 0.00256. The van der Waals surface area contributed by atoms with Crippen LogP contribution in [0.2, 0.25) is 0 Å². The number of methoxy groups -OCH3 is 1. The lowest BCUT2D eigenvalue weighted by atomic mass is 10.1. The standard InChI is InChI=1S/C24H20N4O5S/c1-32-23-12-17(6-11-22(23)33-15-19-5-3-2-4-18(19)13-25)14-26-27-24(29)16-34-21-9-7-20(8-10-21)28(30)31/h2-12,14H,15-16H2,1H3,(H,27,29). The summed E-state index contributed by atoms with van der Waals surface area (Å²) in [6.07, 6.45) is 1.48. The second-order valence-electron chi connectivity index (χ2n) is 6.80. The van der Waals surface area contributed by atoms with Gasteiger partial charge in [-0.3, -0.25) is 14.9 Å². The Morgan fingerprint density at radius 2 is 1.94 bits per heavy atom. The van der Waals surface area contributed by atoms with Gasteiger partial charge >= 0.3 is 0 Å². The number of hydrazone groups is 1. The van der Waals surface area contributed by atoms with E-state index in [0.29, 0.717) is 22.6 Å². The van der Waals surface area contributed by atoms with Gasteiger partial charge < -0.3 is 9.47 Å². The summed E-state index contributed by atoms with van der Waals surface area (Å²) in [4.78, 5) is 23.0. The number of benzene rings is 3. The molecule has 9 nitrogen and oxygen atoms in total. The first-order valence-electron chi connectivity index (χ1n) is 9.98. The van der Waals surface area contributed by atoms with E-state index >= 15 is 0 Å². The number of carbonyl (C=O) groups is 1. The average molecular weight is 477 g/mol. The predicted octanol–water partition coefficient (Wildman–Crippen LogP) is 4.30. The van der Waals surface area contributed by atoms with Crippen molar-refractivity contribution in [3.8, 4) is 17.6 Å². The number of nitrogens with one attached hydrogen (secondary N) is 1. The van der Waals surface area contributed by atoms with E-state index < -0.39 is 4.92 Å². The number of thioether (sulfide) groups is 1. The summed E-state index contributed by atoms with van der Waals surface area (Å²) < 4.78 is 11.2. The SMILES string of the molecule is COc1cc(C=NNC(=O)CSc2ccc([N+](=O)[O-])cc2)ccc1OCc1ccccc1C#N. The lowest BCUT2D eigenvalue weighted by Crippen LogP contribution is -2.19. The molecule has 0 aliphatic heterocycles. The number of amides is 1. The summed E-state index contributed by atoms with van der Waals surface area (Å²) >= 11 is 1.24. The van der Waals surface area contributed by atoms with Crippen LogP contribution in [0.1, 0.15) is 16.7 Å². The summed E-state index contributed by atoms with van der Waals surface area (Å²) in [5, 5.41) is 23.8. The molecule has 10 heteroatoms. The van der Waals surface area contributed by atoms with Gasteiger partial charge in [0.2, 0.25) is 5.91 Å². The molecule has 0 aliphatic rings. The molecule has 0 fully saturated rings. The molecule has 0 saturated heterocycles. The zero-order valence-electron chi connectivity index (χ0n) is 18.1. The Labute approximate surface area is 200 Å². The largest absolute Gasteiger partial charge is 0.493 e. The van der Waals surface area contributed by atoms with Gasteiger partial charge in [-0.15, -0.1) is 11.8 Å². The van der Waals surface area contributed by atoms with Crippen LogP contribution in [-0.2, 0) is 11.4 Å². The molecule has 0 heterocycles. The van der Waals surface area contributed by atoms with Crippen molar-refractivity contribution in [1.29, 1.82) is 5.26 Å². The Bertz CT molecular complexity index is 1240. The topological polar surface area (TPSA) is 127 Å². The number of nitrogens with zero attached hydrogens (tertiary/aromatic N) is 3. The van der Waals surface area contributed by atoms with Crippen LogP contribution in [0.25, 0.3) is 0 Å². The van der Waals surface area contributed by atoms with Crippen molar-refractivity contribution in [3.63, 3.8) is 0 Å². The van der Waals surface area contributed by atoms with Crippen molar-refractivity contribution < 1.29 is 19.2 Å². The van der Waals surface area contributed by atoms with Crippen molar-refractivity contribution in [2.24, 2.45) is 5.10 Å². The van der Waals surface area contributed by atoms with Gasteiger partial charge in [-0.1, -0.05) is 18.2 Å². The van der Waals surface area contributed by atoms with Gasteiger partial charge in [-0.05, 0) is 42.0 Å². The van der Waals surface area contributed by atoms with Gasteiger partial charge in [0.05, 0.1) is 35.6 Å². The summed E-state index contributed by atoms with van der Waals surface area (Å²) in [6.45, 7) is 0.218. The first-order chi connectivity index (χ1) is 16.5. The normalized spacial score (nSPS) is 10.5. The van der Waals surface area contributed by atoms with Crippen LogP contribution < -0.4 is 14.9 Å². The van der Waals surface area contributed by atoms with Crippen LogP contribution in [-0.4, -0.2) is 29.9 Å². The van der Waals surface area contributed by atoms with Crippen LogP contribution >= 0.6 is 11.8 Å². The van der Waals surface area contributed by atoms with Gasteiger partial charge in [-0.25, -0.2) is 5.43 Å². The summed E-state index contributed by atoms with van der Waals surface area (Å²) in [5.41, 5.74) is 4.44. The second-order valence-corrected chi connectivity index (χ2v) is 7.85. The molecule has 172 valence electrons. The molecule has 0 aliphatic carbocycles. The van der Waals surface area contributed by atoms with Crippen molar-refractivity contribution >= 4 is 29.6 Å². The summed E-state index contributed by atoms with van der Waals surface area (Å²) in [6, 6.07) is 20.5. The van der Waals surface area contributed by atoms with Crippen LogP contribution in [0.5, 0.6) is 11.5 Å². The van der Waals surface area contributed by atoms with Gasteiger partial charge in [-0.2, -0.15) is 10.4 Å². The third kappa shape index (κ3) is 6.82. The highest BCUT2D eigenvalue weighted by molar-refractivity contribution is 8.00. The smallest absolute Gasteiger partial charge is 0.269 e. The fraction of sp³-hybridized carbons (Fsp3) is 0.125. The van der Waals surface area contributed by atoms with E-state index in [1.807, 2.05) is 12.1 Å². The van der Waals surface area contributed by atoms with Gasteiger partial charge in [0, 0.05) is 22.6 Å². The number of hydrogen-bond acceptors (Lipinski definition) is 8. The molecule has 1 N–H and O–H groups in total. The highest BCUT2D eigenvalue weighted by Gasteiger charge is 2.09. The third-order valence-corrected chi connectivity index (χ3v) is 5.54. The van der Waals surface area contributed by atoms with Gasteiger partial charge in [0.1, 0.15) is 6.61 Å². The van der Waals surface area contributed by atoms with Crippen molar-refractivity contribution in [3.05, 3.63) is 93.5 Å². The molecule has 3 aromatic rings. The fourth-order valence-electron chi connectivity index (χ4n) is 2.82. The lowest BCUT2D eigenvalue weighted by Gasteiger charge is -2.12. The molecular formula is C24H20N4O5S. The van der Waals surface area contributed by atoms with E-state index in [1.54, 1.807) is 42.5 Å². The average Bonchev–Trinajstić information content (AvgIpc) is 2.86. The zero-order chi connectivity index (χ0) is 24.3. The highest BCUT2D eigenvalue weighted by atomic mass is 32.2. The van der Waals surface area contributed by atoms with Crippen LogP contribution in [0, 0.1) is 21.4 Å². The molecule has 0 aromatic heterocycles. The van der Waals surface area contributed by atoms with E-state index in [1.165, 1.54) is 37.2 Å². The first-order valence-corrected chi connectivity index (χ1v) is 11.0. The van der Waals surface area contributed by atoms with Crippen LogP contribution in [0.4, 0.5) is 5.69 Å². The van der Waals surface area contributed by atoms with E-state index in [2.05, 4.69) is 16.6 Å². The molecule has 0 spiro atoms. The second kappa shape index (κ2) is 12.0. The van der Waals surface area contributed by atoms with Gasteiger partial charge in [0.15, 0.2) is 11.5 Å². The quantitative estimate of drug-likeness (QED) is 0.200. The van der Waals surface area contributed by atoms with E-state index in [-0.39, 0.29) is 24.0 Å². The highest BCUT2D eigenvalue weighted by Crippen LogP contribution is 2.28. The minimum Gasteiger partial charge on any atom is -0.493 e. The molecule has 3 aromatic carbocycles. The molecule has 0 radical (unpaired) electrons. The maximum Gasteiger partial charge on any atom is 0.269 e. The monoisotopic (exact) mass is 476 g/mol. The number of ether oxygens (including phenoxy) is 2. The van der Waals surface area contributed by atoms with Crippen LogP contribution in [0.3, 0.4) is 0 Å². The Kier molecular flexibility index (Phi) is 8.60. The number of non-ortho nitro benzene ring substituents is 1. The maximum absolute atomic E-state index is 12.0. The first kappa shape index (κ1) is 24.3. The van der Waals surface area contributed by atoms with Crippen LogP contribution in [0.15, 0.2) is 76.7 Å². The zero-order valence-corrected chi connectivity index (χ0v) is 19.0. The molecule has 0 saturated carbocycles. The van der Waals surface area contributed by atoms with Crippen molar-refractivity contribution in [2.45, 2.75) is 11.5 Å². The van der Waals surface area contributed by atoms with Gasteiger partial charge in [0.25, 0.3) is 5.69 Å². The summed E-state index contributed by atoms with van der Waals surface area (Å²) in [5.74, 6) is 0.784. The molecule has 1 amide bonds. The molecule has 34 heavy (non-hydrogen) atoms. The molecular weight excluding hydrogens is 456 g/mol. The fourth-order valence-corrected chi connectivity index (χ4v) is 3.51. The van der Waals surface area contributed by atoms with E-state index in [9.17, 15) is 20.2 Å². The number of nitro benzene ring substituents is 1. The Morgan fingerprint density at radius 1 is 1.18 bits per heavy atom. The lowest BCUT2D eigenvalue weighted by molar-refractivity contribution is -0.384. The Hall–Kier alpha value is -4.36. The maximum atomic E-state index is 12.0.